The van der Waals surface area contributed by atoms with Crippen molar-refractivity contribution in [3.05, 3.63) is 0 Å². The molecule has 6 rings (SSSR count). The Morgan fingerprint density at radius 2 is 1.06 bits per heavy atom. The molecule has 2 aliphatic carbocycles. The van der Waals surface area contributed by atoms with Crippen LogP contribution in [0.1, 0.15) is 32.1 Å². The van der Waals surface area contributed by atoms with Crippen molar-refractivity contribution in [1.82, 2.24) is 0 Å². The van der Waals surface area contributed by atoms with Gasteiger partial charge in [0.05, 0.1) is 62.5 Å². The van der Waals surface area contributed by atoms with Crippen molar-refractivity contribution in [1.29, 1.82) is 0 Å². The third kappa shape index (κ3) is 8.56. The van der Waals surface area contributed by atoms with Gasteiger partial charge in [-0.1, -0.05) is 0 Å². The van der Waals surface area contributed by atoms with Crippen LogP contribution >= 0.6 is 0 Å². The molecule has 21 nitrogen and oxygen atoms in total. The molecule has 6 aliphatic rings. The molecule has 6 fully saturated rings. The molecule has 14 N–H and O–H groups in total. The smallest absolute Gasteiger partial charge is 0.187 e. The fourth-order valence-corrected chi connectivity index (χ4v) is 8.49. The molecule has 0 aromatic rings. The van der Waals surface area contributed by atoms with Gasteiger partial charge in [0, 0.05) is 12.3 Å². The molecule has 0 bridgehead atoms. The number of aliphatic hydroxyl groups excluding tert-OH is 14. The summed E-state index contributed by atoms with van der Waals surface area (Å²) < 4.78 is 41.7. The Bertz CT molecular complexity index is 1160. The SMILES string of the molecule is OC[C@H]1O[C@@H](OC2CC3C(CC(O)CC3O[C@@H]3O[C@H](CO)[C@@H](O)[C@H](O)[C@H]3O)OC2C2CC(O)C(O)C(O)C2)[C@H](O[C@@H]2OC[C@@H](O)[C@H](O)[C@H]2O)[C@@H](O)[C@H]1O. The van der Waals surface area contributed by atoms with E-state index in [9.17, 15) is 71.5 Å². The summed E-state index contributed by atoms with van der Waals surface area (Å²) in [6.45, 7) is -1.94. The van der Waals surface area contributed by atoms with Crippen molar-refractivity contribution >= 4 is 0 Å². The van der Waals surface area contributed by atoms with Crippen LogP contribution in [0.3, 0.4) is 0 Å². The maximum Gasteiger partial charge on any atom is 0.187 e. The van der Waals surface area contributed by atoms with E-state index in [-0.39, 0.29) is 32.1 Å². The Morgan fingerprint density at radius 1 is 0.472 bits per heavy atom. The van der Waals surface area contributed by atoms with Gasteiger partial charge >= 0.3 is 0 Å². The van der Waals surface area contributed by atoms with Gasteiger partial charge in [0.15, 0.2) is 18.9 Å². The van der Waals surface area contributed by atoms with Crippen LogP contribution in [-0.2, 0) is 33.2 Å². The molecule has 8 unspecified atom stereocenters. The van der Waals surface area contributed by atoms with Gasteiger partial charge in [0.1, 0.15) is 73.2 Å². The zero-order valence-corrected chi connectivity index (χ0v) is 28.6. The van der Waals surface area contributed by atoms with Crippen LogP contribution in [0, 0.1) is 11.8 Å². The monoisotopic (exact) mass is 774 g/mol. The Kier molecular flexibility index (Phi) is 13.7. The van der Waals surface area contributed by atoms with Crippen LogP contribution < -0.4 is 0 Å². The predicted molar refractivity (Wildman–Crippen MR) is 167 cm³/mol. The van der Waals surface area contributed by atoms with Gasteiger partial charge in [-0.3, -0.25) is 0 Å². The second-order valence-corrected chi connectivity index (χ2v) is 15.1. The molecular formula is C32H54O21. The van der Waals surface area contributed by atoms with E-state index in [4.69, 9.17) is 33.2 Å². The van der Waals surface area contributed by atoms with Crippen LogP contribution in [0.2, 0.25) is 0 Å². The highest BCUT2D eigenvalue weighted by Crippen LogP contribution is 2.45. The Labute approximate surface area is 303 Å². The highest BCUT2D eigenvalue weighted by Gasteiger charge is 2.56. The number of aliphatic hydroxyl groups is 14. The van der Waals surface area contributed by atoms with Gasteiger partial charge in [0.25, 0.3) is 0 Å². The lowest BCUT2D eigenvalue weighted by Gasteiger charge is -2.53. The van der Waals surface area contributed by atoms with E-state index < -0.39 is 167 Å². The minimum atomic E-state index is -1.83. The summed E-state index contributed by atoms with van der Waals surface area (Å²) in [5.74, 6) is -1.34. The summed E-state index contributed by atoms with van der Waals surface area (Å²) in [7, 11) is 0. The summed E-state index contributed by atoms with van der Waals surface area (Å²) >= 11 is 0. The molecule has 0 aromatic heterocycles. The average Bonchev–Trinajstić information content (AvgIpc) is 3.13. The standard InChI is InChI=1S/C32H54O21/c33-6-18-22(41)24(43)27(46)31(51-18)49-16-4-10(35)3-15-11(16)5-17(28(48-15)9-1-12(36)20(39)13(37)2-9)50-32-29(25(44)23(42)19(7-34)52-32)53-30-26(45)21(40)14(38)8-47-30/h9-46H,1-8H2/t9?,10?,11?,12?,13?,14-,15?,16?,17?,18-,19-,20?,21+,22-,23+,24+,25+,26-,27-,28?,29-,30+,31-,32-/m1/s1. The van der Waals surface area contributed by atoms with Crippen molar-refractivity contribution in [3.8, 4) is 0 Å². The molecule has 0 radical (unpaired) electrons. The molecule has 53 heavy (non-hydrogen) atoms. The molecule has 0 amide bonds. The van der Waals surface area contributed by atoms with Crippen molar-refractivity contribution in [3.63, 3.8) is 0 Å². The molecule has 22 atom stereocenters. The summed E-state index contributed by atoms with van der Waals surface area (Å²) in [6, 6.07) is 0. The second-order valence-electron chi connectivity index (χ2n) is 15.1. The lowest BCUT2D eigenvalue weighted by molar-refractivity contribution is -0.373. The lowest BCUT2D eigenvalue weighted by atomic mass is 9.72. The van der Waals surface area contributed by atoms with E-state index in [0.717, 1.165) is 0 Å². The van der Waals surface area contributed by atoms with Crippen LogP contribution in [0.15, 0.2) is 0 Å². The first-order valence-corrected chi connectivity index (χ1v) is 18.1. The van der Waals surface area contributed by atoms with E-state index >= 15 is 0 Å². The maximum absolute atomic E-state index is 11.2. The first-order chi connectivity index (χ1) is 25.1. The van der Waals surface area contributed by atoms with Crippen molar-refractivity contribution in [2.24, 2.45) is 11.8 Å². The number of fused-ring (bicyclic) bond motifs is 1. The van der Waals surface area contributed by atoms with Gasteiger partial charge in [0.2, 0.25) is 0 Å². The summed E-state index contributed by atoms with van der Waals surface area (Å²) in [5, 5.41) is 146. The third-order valence-electron chi connectivity index (χ3n) is 11.5. The second kappa shape index (κ2) is 17.3. The molecule has 4 heterocycles. The topological polar surface area (TPSA) is 348 Å². The normalized spacial score (nSPS) is 55.4. The van der Waals surface area contributed by atoms with Crippen LogP contribution in [0.25, 0.3) is 0 Å². The molecule has 0 spiro atoms. The van der Waals surface area contributed by atoms with Crippen LogP contribution in [-0.4, -0.2) is 226 Å². The Hall–Kier alpha value is -0.840. The lowest BCUT2D eigenvalue weighted by Crippen LogP contribution is -2.65. The molecule has 308 valence electrons. The molecule has 21 heteroatoms. The average molecular weight is 775 g/mol. The molecular weight excluding hydrogens is 720 g/mol. The molecule has 4 saturated heterocycles. The quantitative estimate of drug-likeness (QED) is 0.103. The van der Waals surface area contributed by atoms with Crippen molar-refractivity contribution in [2.45, 2.75) is 167 Å². The van der Waals surface area contributed by atoms with E-state index in [1.807, 2.05) is 0 Å². The zero-order chi connectivity index (χ0) is 38.5. The fourth-order valence-electron chi connectivity index (χ4n) is 8.49. The zero-order valence-electron chi connectivity index (χ0n) is 28.6. The van der Waals surface area contributed by atoms with Gasteiger partial charge in [-0.2, -0.15) is 0 Å². The minimum Gasteiger partial charge on any atom is -0.394 e. The molecule has 0 aromatic carbocycles. The number of hydrogen-bond acceptors (Lipinski definition) is 21. The van der Waals surface area contributed by atoms with Crippen LogP contribution in [0.5, 0.6) is 0 Å². The predicted octanol–water partition coefficient (Wildman–Crippen LogP) is -7.76. The number of ether oxygens (including phenoxy) is 7. The largest absolute Gasteiger partial charge is 0.394 e. The van der Waals surface area contributed by atoms with E-state index in [0.29, 0.717) is 0 Å². The van der Waals surface area contributed by atoms with Crippen LogP contribution in [0.4, 0.5) is 0 Å². The first kappa shape index (κ1) is 41.8. The molecule has 2 saturated carbocycles. The molecule has 4 aliphatic heterocycles. The minimum absolute atomic E-state index is 0.0118. The Balaban J connectivity index is 1.29. The van der Waals surface area contributed by atoms with Gasteiger partial charge in [-0.05, 0) is 31.6 Å². The first-order valence-electron chi connectivity index (χ1n) is 18.1. The summed E-state index contributed by atoms with van der Waals surface area (Å²) in [5.41, 5.74) is 0. The van der Waals surface area contributed by atoms with E-state index in [1.54, 1.807) is 0 Å². The van der Waals surface area contributed by atoms with E-state index in [1.165, 1.54) is 0 Å². The number of hydrogen-bond donors (Lipinski definition) is 14. The summed E-state index contributed by atoms with van der Waals surface area (Å²) in [6.07, 6.45) is -31.8. The van der Waals surface area contributed by atoms with Gasteiger partial charge in [-0.25, -0.2) is 0 Å². The fraction of sp³-hybridized carbons (Fsp3) is 1.00. The van der Waals surface area contributed by atoms with Gasteiger partial charge in [-0.15, -0.1) is 0 Å². The van der Waals surface area contributed by atoms with Crippen molar-refractivity contribution in [2.75, 3.05) is 19.8 Å². The highest BCUT2D eigenvalue weighted by atomic mass is 16.8. The van der Waals surface area contributed by atoms with Gasteiger partial charge < -0.3 is 105 Å². The van der Waals surface area contributed by atoms with E-state index in [2.05, 4.69) is 0 Å². The highest BCUT2D eigenvalue weighted by molar-refractivity contribution is 5.01. The summed E-state index contributed by atoms with van der Waals surface area (Å²) in [4.78, 5) is 0. The maximum atomic E-state index is 11.2. The number of rotatable bonds is 9. The Morgan fingerprint density at radius 3 is 1.70 bits per heavy atom. The third-order valence-corrected chi connectivity index (χ3v) is 11.5. The van der Waals surface area contributed by atoms with Crippen molar-refractivity contribution < 1.29 is 105 Å².